The second-order valence-corrected chi connectivity index (χ2v) is 8.59. The second kappa shape index (κ2) is 7.74. The number of esters is 2. The first-order valence-corrected chi connectivity index (χ1v) is 9.68. The molecule has 2 aliphatic carbocycles. The van der Waals surface area contributed by atoms with E-state index in [1.54, 1.807) is 0 Å². The highest BCUT2D eigenvalue weighted by molar-refractivity contribution is 5.66. The van der Waals surface area contributed by atoms with Gasteiger partial charge < -0.3 is 29.2 Å². The number of allylic oxidation sites excluding steroid dienone is 1. The SMILES string of the molecule is CC(=O)OC[C@H]1O[C@@H](O[C@@H]2C3CC=C(C)C2C3(C)C)[C@H](OC(C)=O)[C@@H](O)[C@@H]1O. The maximum absolute atomic E-state index is 11.5. The largest absolute Gasteiger partial charge is 0.463 e. The Labute approximate surface area is 164 Å². The van der Waals surface area contributed by atoms with Gasteiger partial charge in [-0.2, -0.15) is 0 Å². The van der Waals surface area contributed by atoms with Crippen LogP contribution >= 0.6 is 0 Å². The molecule has 0 aromatic carbocycles. The zero-order chi connectivity index (χ0) is 20.8. The van der Waals surface area contributed by atoms with Gasteiger partial charge >= 0.3 is 11.9 Å². The normalized spacial score (nSPS) is 41.5. The summed E-state index contributed by atoms with van der Waals surface area (Å²) >= 11 is 0. The van der Waals surface area contributed by atoms with Gasteiger partial charge in [-0.25, -0.2) is 0 Å². The van der Waals surface area contributed by atoms with E-state index in [1.807, 2.05) is 0 Å². The minimum absolute atomic E-state index is 0.0877. The molecule has 0 radical (unpaired) electrons. The predicted molar refractivity (Wildman–Crippen MR) is 96.9 cm³/mol. The van der Waals surface area contributed by atoms with Gasteiger partial charge in [0, 0.05) is 19.8 Å². The second-order valence-electron chi connectivity index (χ2n) is 8.59. The van der Waals surface area contributed by atoms with Crippen molar-refractivity contribution in [2.45, 2.75) is 77.8 Å². The molecule has 1 heterocycles. The molecule has 8 nitrogen and oxygen atoms in total. The minimum Gasteiger partial charge on any atom is -0.463 e. The third-order valence-electron chi connectivity index (χ3n) is 6.36. The summed E-state index contributed by atoms with van der Waals surface area (Å²) in [5.74, 6) is -0.666. The van der Waals surface area contributed by atoms with E-state index in [0.717, 1.165) is 6.42 Å². The molecule has 2 fully saturated rings. The van der Waals surface area contributed by atoms with Gasteiger partial charge in [-0.1, -0.05) is 25.5 Å². The summed E-state index contributed by atoms with van der Waals surface area (Å²) in [4.78, 5) is 22.6. The number of fused-ring (bicyclic) bond motifs is 2. The average molecular weight is 398 g/mol. The third-order valence-corrected chi connectivity index (χ3v) is 6.36. The Morgan fingerprint density at radius 2 is 1.86 bits per heavy atom. The van der Waals surface area contributed by atoms with E-state index < -0.39 is 42.6 Å². The molecule has 1 aliphatic heterocycles. The zero-order valence-corrected chi connectivity index (χ0v) is 17.0. The molecule has 3 rings (SSSR count). The molecule has 2 N–H and O–H groups in total. The van der Waals surface area contributed by atoms with Crippen molar-refractivity contribution in [3.63, 3.8) is 0 Å². The highest BCUT2D eigenvalue weighted by Crippen LogP contribution is 2.60. The summed E-state index contributed by atoms with van der Waals surface area (Å²) in [6, 6.07) is 0. The van der Waals surface area contributed by atoms with Crippen LogP contribution in [0.15, 0.2) is 11.6 Å². The molecular weight excluding hydrogens is 368 g/mol. The summed E-state index contributed by atoms with van der Waals surface area (Å²) < 4.78 is 22.2. The molecule has 1 saturated heterocycles. The first kappa shape index (κ1) is 21.2. The van der Waals surface area contributed by atoms with Crippen molar-refractivity contribution < 1.29 is 38.7 Å². The van der Waals surface area contributed by atoms with Crippen LogP contribution in [0.25, 0.3) is 0 Å². The van der Waals surface area contributed by atoms with Gasteiger partial charge in [0.05, 0.1) is 6.10 Å². The lowest BCUT2D eigenvalue weighted by molar-refractivity contribution is -0.340. The molecule has 2 unspecified atom stereocenters. The van der Waals surface area contributed by atoms with Crippen LogP contribution < -0.4 is 0 Å². The van der Waals surface area contributed by atoms with Gasteiger partial charge in [0.2, 0.25) is 0 Å². The van der Waals surface area contributed by atoms with E-state index in [9.17, 15) is 19.8 Å². The molecule has 0 aromatic heterocycles. The molecule has 3 aliphatic rings. The number of hydrogen-bond acceptors (Lipinski definition) is 8. The van der Waals surface area contributed by atoms with Crippen molar-refractivity contribution in [3.05, 3.63) is 11.6 Å². The maximum Gasteiger partial charge on any atom is 0.303 e. The molecule has 8 heteroatoms. The van der Waals surface area contributed by atoms with Crippen molar-refractivity contribution in [3.8, 4) is 0 Å². The lowest BCUT2D eigenvalue weighted by atomic mass is 9.47. The Bertz CT molecular complexity index is 655. The highest BCUT2D eigenvalue weighted by atomic mass is 16.7. The number of aliphatic hydroxyl groups is 2. The fourth-order valence-electron chi connectivity index (χ4n) is 4.91. The lowest BCUT2D eigenvalue weighted by Gasteiger charge is -2.62. The molecule has 158 valence electrons. The van der Waals surface area contributed by atoms with Crippen LogP contribution in [0.2, 0.25) is 0 Å². The van der Waals surface area contributed by atoms with Crippen molar-refractivity contribution in [2.24, 2.45) is 17.3 Å². The number of carbonyl (C=O) groups excluding carboxylic acids is 2. The standard InChI is InChI=1S/C20H30O8/c1-9-6-7-12-17(14(9)20(12,4)5)28-19-18(26-11(3)22)16(24)15(23)13(27-19)8-25-10(2)21/h6,12-19,23-24H,7-8H2,1-5H3/t12?,13-,14?,15-,16+,17-,18-,19+/m1/s1. The average Bonchev–Trinajstić information content (AvgIpc) is 2.59. The minimum atomic E-state index is -1.42. The van der Waals surface area contributed by atoms with E-state index >= 15 is 0 Å². The molecule has 0 aromatic rings. The number of aliphatic hydroxyl groups excluding tert-OH is 2. The van der Waals surface area contributed by atoms with E-state index in [-0.39, 0.29) is 30.0 Å². The van der Waals surface area contributed by atoms with Gasteiger partial charge in [-0.15, -0.1) is 0 Å². The van der Waals surface area contributed by atoms with Crippen LogP contribution in [0.4, 0.5) is 0 Å². The van der Waals surface area contributed by atoms with Crippen LogP contribution in [-0.2, 0) is 28.5 Å². The molecular formula is C20H30O8. The van der Waals surface area contributed by atoms with Crippen molar-refractivity contribution in [1.82, 2.24) is 0 Å². The van der Waals surface area contributed by atoms with E-state index in [2.05, 4.69) is 26.8 Å². The van der Waals surface area contributed by atoms with Crippen LogP contribution in [0.5, 0.6) is 0 Å². The summed E-state index contributed by atoms with van der Waals surface area (Å²) in [5.41, 5.74) is 1.33. The first-order chi connectivity index (χ1) is 13.0. The van der Waals surface area contributed by atoms with Crippen LogP contribution in [0.1, 0.15) is 41.0 Å². The van der Waals surface area contributed by atoms with E-state index in [0.29, 0.717) is 0 Å². The Balaban J connectivity index is 1.78. The van der Waals surface area contributed by atoms with Crippen LogP contribution in [0.3, 0.4) is 0 Å². The number of rotatable bonds is 5. The van der Waals surface area contributed by atoms with Crippen LogP contribution in [0, 0.1) is 17.3 Å². The predicted octanol–water partition coefficient (Wildman–Crippen LogP) is 0.935. The number of hydrogen-bond donors (Lipinski definition) is 2. The molecule has 2 bridgehead atoms. The summed E-state index contributed by atoms with van der Waals surface area (Å²) in [6.07, 6.45) is -3.08. The fraction of sp³-hybridized carbons (Fsp3) is 0.800. The van der Waals surface area contributed by atoms with Crippen LogP contribution in [-0.4, -0.2) is 65.6 Å². The Kier molecular flexibility index (Phi) is 5.87. The third kappa shape index (κ3) is 3.70. The molecule has 0 amide bonds. The van der Waals surface area contributed by atoms with Crippen molar-refractivity contribution in [2.75, 3.05) is 6.61 Å². The molecule has 8 atom stereocenters. The van der Waals surface area contributed by atoms with Gasteiger partial charge in [-0.3, -0.25) is 9.59 Å². The van der Waals surface area contributed by atoms with E-state index in [4.69, 9.17) is 18.9 Å². The topological polar surface area (TPSA) is 112 Å². The van der Waals surface area contributed by atoms with E-state index in [1.165, 1.54) is 19.4 Å². The first-order valence-electron chi connectivity index (χ1n) is 9.68. The summed E-state index contributed by atoms with van der Waals surface area (Å²) in [6.45, 7) is 8.70. The van der Waals surface area contributed by atoms with Gasteiger partial charge in [0.1, 0.15) is 24.9 Å². The highest BCUT2D eigenvalue weighted by Gasteiger charge is 2.61. The Hall–Kier alpha value is -1.48. The van der Waals surface area contributed by atoms with Gasteiger partial charge in [0.15, 0.2) is 12.4 Å². The Morgan fingerprint density at radius 1 is 1.18 bits per heavy atom. The Morgan fingerprint density at radius 3 is 2.39 bits per heavy atom. The maximum atomic E-state index is 11.5. The smallest absolute Gasteiger partial charge is 0.303 e. The monoisotopic (exact) mass is 398 g/mol. The molecule has 1 saturated carbocycles. The molecule has 28 heavy (non-hydrogen) atoms. The lowest BCUT2D eigenvalue weighted by Crippen LogP contribution is -2.66. The number of ether oxygens (including phenoxy) is 4. The molecule has 0 spiro atoms. The fourth-order valence-corrected chi connectivity index (χ4v) is 4.91. The van der Waals surface area contributed by atoms with Gasteiger partial charge in [-0.05, 0) is 24.7 Å². The summed E-state index contributed by atoms with van der Waals surface area (Å²) in [7, 11) is 0. The van der Waals surface area contributed by atoms with Gasteiger partial charge in [0.25, 0.3) is 0 Å². The number of carbonyl (C=O) groups is 2. The summed E-state index contributed by atoms with van der Waals surface area (Å²) in [5, 5.41) is 20.8. The van der Waals surface area contributed by atoms with Crippen molar-refractivity contribution in [1.29, 1.82) is 0 Å². The van der Waals surface area contributed by atoms with Crippen molar-refractivity contribution >= 4 is 11.9 Å². The quantitative estimate of drug-likeness (QED) is 0.520. The zero-order valence-electron chi connectivity index (χ0n) is 17.0.